The predicted octanol–water partition coefficient (Wildman–Crippen LogP) is 13.8. The Morgan fingerprint density at radius 2 is 0.966 bits per heavy atom. The first kappa shape index (κ1) is 31.3. The Bertz CT molecular complexity index is 3620. The van der Waals surface area contributed by atoms with Crippen LogP contribution in [0.3, 0.4) is 0 Å². The SMILES string of the molecule is c1ccc(-c2nc(-c3ccccc3)nc(-c3ccc(-n4c5cccc6c5c5c7c(cccc7ccc54)-c4cc5c(cc4-6)oc4ccccc45)c4ccccc34)n2)cc1. The largest absolute Gasteiger partial charge is 0.456 e. The highest BCUT2D eigenvalue weighted by Gasteiger charge is 2.27. The molecule has 0 radical (unpaired) electrons. The number of hydrogen-bond acceptors (Lipinski definition) is 4. The maximum absolute atomic E-state index is 6.49. The minimum atomic E-state index is 0.638. The van der Waals surface area contributed by atoms with E-state index in [1.165, 1.54) is 49.3 Å². The lowest BCUT2D eigenvalue weighted by atomic mass is 9.92. The van der Waals surface area contributed by atoms with Gasteiger partial charge in [-0.1, -0.05) is 140 Å². The zero-order valence-electron chi connectivity index (χ0n) is 31.0. The first-order chi connectivity index (χ1) is 28.8. The molecule has 58 heavy (non-hydrogen) atoms. The van der Waals surface area contributed by atoms with Crippen LogP contribution in [0.4, 0.5) is 0 Å². The van der Waals surface area contributed by atoms with Crippen molar-refractivity contribution in [3.05, 3.63) is 182 Å². The second-order valence-corrected chi connectivity index (χ2v) is 15.1. The Hall–Kier alpha value is -7.89. The molecule has 1 aliphatic carbocycles. The molecule has 0 atom stereocenters. The van der Waals surface area contributed by atoms with Crippen molar-refractivity contribution >= 4 is 65.3 Å². The topological polar surface area (TPSA) is 56.7 Å². The number of aromatic nitrogens is 4. The lowest BCUT2D eigenvalue weighted by molar-refractivity contribution is 0.669. The summed E-state index contributed by atoms with van der Waals surface area (Å²) in [4.78, 5) is 15.2. The summed E-state index contributed by atoms with van der Waals surface area (Å²) in [6.07, 6.45) is 0. The molecule has 0 unspecified atom stereocenters. The molecule has 0 bridgehead atoms. The normalized spacial score (nSPS) is 12.1. The molecule has 268 valence electrons. The van der Waals surface area contributed by atoms with E-state index in [2.05, 4.69) is 120 Å². The molecule has 3 aromatic heterocycles. The number of nitrogens with zero attached hydrogens (tertiary/aromatic N) is 4. The highest BCUT2D eigenvalue weighted by molar-refractivity contribution is 6.31. The quantitative estimate of drug-likeness (QED) is 0.180. The van der Waals surface area contributed by atoms with Gasteiger partial charge in [-0.05, 0) is 80.9 Å². The van der Waals surface area contributed by atoms with Crippen LogP contribution in [0.15, 0.2) is 186 Å². The van der Waals surface area contributed by atoms with E-state index in [-0.39, 0.29) is 0 Å². The molecule has 0 N–H and O–H groups in total. The molecule has 0 saturated heterocycles. The zero-order chi connectivity index (χ0) is 37.9. The number of benzene rings is 9. The predicted molar refractivity (Wildman–Crippen MR) is 237 cm³/mol. The van der Waals surface area contributed by atoms with E-state index >= 15 is 0 Å². The van der Waals surface area contributed by atoms with Crippen molar-refractivity contribution in [1.82, 2.24) is 19.5 Å². The van der Waals surface area contributed by atoms with E-state index in [9.17, 15) is 0 Å². The van der Waals surface area contributed by atoms with Crippen molar-refractivity contribution < 1.29 is 4.42 Å². The van der Waals surface area contributed by atoms with Crippen LogP contribution in [0.1, 0.15) is 0 Å². The highest BCUT2D eigenvalue weighted by Crippen LogP contribution is 2.51. The fourth-order valence-corrected chi connectivity index (χ4v) is 9.45. The van der Waals surface area contributed by atoms with Crippen LogP contribution in [0.5, 0.6) is 0 Å². The Kier molecular flexibility index (Phi) is 6.38. The molecule has 1 aliphatic rings. The van der Waals surface area contributed by atoms with Gasteiger partial charge in [-0.3, -0.25) is 0 Å². The number of hydrogen-bond donors (Lipinski definition) is 0. The second-order valence-electron chi connectivity index (χ2n) is 15.1. The standard InChI is InChI=1S/C53H30N4O/c1-3-13-32(14-4-1)51-54-52(33-15-5-2-6-16-33)56-53(55-51)39-26-28-43(35-19-8-7-18-34(35)39)57-44-23-12-22-38-41-30-47-42(36-20-9-10-24-46(36)58-47)29-40(41)37-21-11-17-31-25-27-45(57)50(48(31)37)49(38)44/h1-30H. The third-order valence-corrected chi connectivity index (χ3v) is 12.0. The molecule has 0 fully saturated rings. The van der Waals surface area contributed by atoms with Gasteiger partial charge in [0.25, 0.3) is 0 Å². The number of fused-ring (bicyclic) bond motifs is 7. The van der Waals surface area contributed by atoms with Crippen molar-refractivity contribution in [2.75, 3.05) is 0 Å². The first-order valence-corrected chi connectivity index (χ1v) is 19.6. The minimum Gasteiger partial charge on any atom is -0.456 e. The van der Waals surface area contributed by atoms with E-state index in [1.807, 2.05) is 66.7 Å². The fourth-order valence-electron chi connectivity index (χ4n) is 9.45. The van der Waals surface area contributed by atoms with Crippen LogP contribution in [0.25, 0.3) is 127 Å². The van der Waals surface area contributed by atoms with Crippen molar-refractivity contribution in [1.29, 1.82) is 0 Å². The lowest BCUT2D eigenvalue weighted by Crippen LogP contribution is -2.01. The van der Waals surface area contributed by atoms with Gasteiger partial charge in [-0.25, -0.2) is 15.0 Å². The van der Waals surface area contributed by atoms with E-state index in [0.29, 0.717) is 17.5 Å². The molecule has 5 nitrogen and oxygen atoms in total. The summed E-state index contributed by atoms with van der Waals surface area (Å²) in [5.41, 5.74) is 12.9. The summed E-state index contributed by atoms with van der Waals surface area (Å²) >= 11 is 0. The molecule has 0 saturated carbocycles. The van der Waals surface area contributed by atoms with Gasteiger partial charge in [0, 0.05) is 43.6 Å². The van der Waals surface area contributed by atoms with Crippen LogP contribution >= 0.6 is 0 Å². The summed E-state index contributed by atoms with van der Waals surface area (Å²) in [6, 6.07) is 64.4. The maximum atomic E-state index is 6.49. The van der Waals surface area contributed by atoms with Crippen molar-refractivity contribution in [2.24, 2.45) is 0 Å². The van der Waals surface area contributed by atoms with Gasteiger partial charge in [0.2, 0.25) is 0 Å². The molecular weight excluding hydrogens is 709 g/mol. The second kappa shape index (κ2) is 11.8. The third-order valence-electron chi connectivity index (χ3n) is 12.0. The molecule has 12 aromatic rings. The number of rotatable bonds is 4. The summed E-state index contributed by atoms with van der Waals surface area (Å²) in [5, 5.41) is 9.47. The number of para-hydroxylation sites is 1. The van der Waals surface area contributed by atoms with Gasteiger partial charge in [0.05, 0.1) is 16.7 Å². The van der Waals surface area contributed by atoms with E-state index in [0.717, 1.165) is 60.6 Å². The fraction of sp³-hybridized carbons (Fsp3) is 0. The molecule has 0 spiro atoms. The summed E-state index contributed by atoms with van der Waals surface area (Å²) in [7, 11) is 0. The van der Waals surface area contributed by atoms with Crippen molar-refractivity contribution in [3.63, 3.8) is 0 Å². The minimum absolute atomic E-state index is 0.638. The van der Waals surface area contributed by atoms with Crippen LogP contribution in [-0.2, 0) is 0 Å². The highest BCUT2D eigenvalue weighted by atomic mass is 16.3. The summed E-state index contributed by atoms with van der Waals surface area (Å²) in [5.74, 6) is 1.92. The summed E-state index contributed by atoms with van der Waals surface area (Å²) in [6.45, 7) is 0. The van der Waals surface area contributed by atoms with Gasteiger partial charge in [0.15, 0.2) is 17.5 Å². The molecule has 5 heteroatoms. The average molecular weight is 739 g/mol. The first-order valence-electron chi connectivity index (χ1n) is 19.6. The smallest absolute Gasteiger partial charge is 0.164 e. The number of furan rings is 1. The third kappa shape index (κ3) is 4.38. The molecule has 9 aromatic carbocycles. The monoisotopic (exact) mass is 738 g/mol. The Balaban J connectivity index is 1.09. The Labute approximate surface area is 332 Å². The van der Waals surface area contributed by atoms with Gasteiger partial charge in [-0.15, -0.1) is 0 Å². The van der Waals surface area contributed by atoms with Gasteiger partial charge in [0.1, 0.15) is 11.2 Å². The Morgan fingerprint density at radius 3 is 1.74 bits per heavy atom. The summed E-state index contributed by atoms with van der Waals surface area (Å²) < 4.78 is 8.95. The zero-order valence-corrected chi connectivity index (χ0v) is 31.0. The van der Waals surface area contributed by atoms with Crippen LogP contribution < -0.4 is 0 Å². The van der Waals surface area contributed by atoms with Crippen molar-refractivity contribution in [3.8, 4) is 62.1 Å². The molecule has 0 aliphatic heterocycles. The Morgan fingerprint density at radius 1 is 0.345 bits per heavy atom. The molecular formula is C53H30N4O. The van der Waals surface area contributed by atoms with E-state index in [4.69, 9.17) is 19.4 Å². The van der Waals surface area contributed by atoms with Crippen molar-refractivity contribution in [2.45, 2.75) is 0 Å². The van der Waals surface area contributed by atoms with Gasteiger partial charge >= 0.3 is 0 Å². The lowest BCUT2D eigenvalue weighted by Gasteiger charge is -2.16. The van der Waals surface area contributed by atoms with E-state index < -0.39 is 0 Å². The average Bonchev–Trinajstić information content (AvgIpc) is 3.80. The van der Waals surface area contributed by atoms with Gasteiger partial charge < -0.3 is 8.98 Å². The maximum Gasteiger partial charge on any atom is 0.164 e. The molecule has 13 rings (SSSR count). The van der Waals surface area contributed by atoms with Gasteiger partial charge in [-0.2, -0.15) is 0 Å². The molecule has 3 heterocycles. The molecule has 0 amide bonds. The van der Waals surface area contributed by atoms with E-state index in [1.54, 1.807) is 0 Å². The van der Waals surface area contributed by atoms with Crippen LogP contribution in [0.2, 0.25) is 0 Å². The van der Waals surface area contributed by atoms with Crippen LogP contribution in [0, 0.1) is 0 Å². The van der Waals surface area contributed by atoms with Crippen LogP contribution in [-0.4, -0.2) is 19.5 Å².